The first-order valence-electron chi connectivity index (χ1n) is 5.98. The summed E-state index contributed by atoms with van der Waals surface area (Å²) in [7, 11) is -3.62. The van der Waals surface area contributed by atoms with Gasteiger partial charge in [0.15, 0.2) is 0 Å². The van der Waals surface area contributed by atoms with Crippen LogP contribution in [0, 0.1) is 18.3 Å². The summed E-state index contributed by atoms with van der Waals surface area (Å²) in [6, 6.07) is 6.32. The van der Waals surface area contributed by atoms with Gasteiger partial charge in [-0.1, -0.05) is 31.5 Å². The number of carboxylic acid groups (broad SMARTS) is 1. The van der Waals surface area contributed by atoms with Crippen molar-refractivity contribution in [2.45, 2.75) is 32.1 Å². The molecule has 112 valence electrons. The molecule has 0 bridgehead atoms. The van der Waals surface area contributed by atoms with Crippen LogP contribution in [0.5, 0.6) is 0 Å². The van der Waals surface area contributed by atoms with Crippen molar-refractivity contribution < 1.29 is 47.9 Å². The SMILES string of the molecule is CC1(C)CC1C(=O)O.Cc1ccc(S(=O)(=O)[N-]Cl)cc1.[Na+]. The summed E-state index contributed by atoms with van der Waals surface area (Å²) in [5.41, 5.74) is 1.08. The third-order valence-corrected chi connectivity index (χ3v) is 4.82. The van der Waals surface area contributed by atoms with Gasteiger partial charge in [-0.25, -0.2) is 8.42 Å². The summed E-state index contributed by atoms with van der Waals surface area (Å²) in [4.78, 5) is 10.3. The molecule has 1 aliphatic carbocycles. The molecule has 2 rings (SSSR count). The molecule has 1 atom stereocenters. The molecule has 0 amide bonds. The van der Waals surface area contributed by atoms with Gasteiger partial charge >= 0.3 is 35.5 Å². The van der Waals surface area contributed by atoms with E-state index in [0.717, 1.165) is 12.0 Å². The number of carbonyl (C=O) groups is 1. The van der Waals surface area contributed by atoms with Gasteiger partial charge in [0.1, 0.15) is 10.0 Å². The number of halogens is 1. The average molecular weight is 342 g/mol. The Hall–Kier alpha value is -0.110. The fourth-order valence-electron chi connectivity index (χ4n) is 1.64. The van der Waals surface area contributed by atoms with Crippen LogP contribution in [0.3, 0.4) is 0 Å². The van der Waals surface area contributed by atoms with Gasteiger partial charge in [0, 0.05) is 4.90 Å². The predicted octanol–water partition coefficient (Wildman–Crippen LogP) is 0.332. The molecule has 8 heteroatoms. The number of hydrogen-bond donors (Lipinski definition) is 1. The van der Waals surface area contributed by atoms with Gasteiger partial charge in [0.05, 0.1) is 5.92 Å². The molecular formula is C13H17ClNNaO4S. The van der Waals surface area contributed by atoms with Crippen molar-refractivity contribution in [3.05, 3.63) is 34.1 Å². The minimum absolute atomic E-state index is 0. The molecule has 21 heavy (non-hydrogen) atoms. The molecule has 1 saturated carbocycles. The quantitative estimate of drug-likeness (QED) is 0.803. The molecule has 5 nitrogen and oxygen atoms in total. The predicted molar refractivity (Wildman–Crippen MR) is 77.1 cm³/mol. The van der Waals surface area contributed by atoms with Gasteiger partial charge in [0.2, 0.25) is 0 Å². The topological polar surface area (TPSA) is 85.5 Å². The maximum absolute atomic E-state index is 11.0. The van der Waals surface area contributed by atoms with Gasteiger partial charge in [-0.2, -0.15) is 0 Å². The zero-order chi connectivity index (χ0) is 15.6. The molecular weight excluding hydrogens is 325 g/mol. The molecule has 0 spiro atoms. The molecule has 1 aromatic rings. The van der Waals surface area contributed by atoms with E-state index in [2.05, 4.69) is 4.24 Å². The minimum atomic E-state index is -3.62. The van der Waals surface area contributed by atoms with Crippen LogP contribution in [0.2, 0.25) is 0 Å². The Morgan fingerprint density at radius 3 is 2.00 bits per heavy atom. The van der Waals surface area contributed by atoms with Gasteiger partial charge in [0.25, 0.3) is 0 Å². The van der Waals surface area contributed by atoms with E-state index in [1.54, 1.807) is 12.1 Å². The molecule has 0 heterocycles. The van der Waals surface area contributed by atoms with E-state index in [9.17, 15) is 13.2 Å². The smallest absolute Gasteiger partial charge is 0.481 e. The molecule has 0 saturated heterocycles. The normalized spacial score (nSPS) is 18.8. The van der Waals surface area contributed by atoms with E-state index in [0.29, 0.717) is 0 Å². The first-order chi connectivity index (χ1) is 9.10. The number of nitrogens with zero attached hydrogens (tertiary/aromatic N) is 1. The third-order valence-electron chi connectivity index (χ3n) is 3.22. The van der Waals surface area contributed by atoms with E-state index in [4.69, 9.17) is 16.9 Å². The number of benzene rings is 1. The number of aliphatic carboxylic acids is 1. The second-order valence-electron chi connectivity index (χ2n) is 5.44. The van der Waals surface area contributed by atoms with Crippen molar-refractivity contribution in [2.75, 3.05) is 0 Å². The number of sulfonamides is 1. The fraction of sp³-hybridized carbons (Fsp3) is 0.462. The second-order valence-corrected chi connectivity index (χ2v) is 7.41. The number of hydrogen-bond acceptors (Lipinski definition) is 3. The van der Waals surface area contributed by atoms with E-state index in [1.165, 1.54) is 12.1 Å². The summed E-state index contributed by atoms with van der Waals surface area (Å²) in [6.45, 7) is 5.83. The summed E-state index contributed by atoms with van der Waals surface area (Å²) in [5, 5.41) is 8.39. The van der Waals surface area contributed by atoms with Crippen molar-refractivity contribution >= 4 is 27.8 Å². The summed E-state index contributed by atoms with van der Waals surface area (Å²) in [6.07, 6.45) is 0.850. The van der Waals surface area contributed by atoms with Crippen LogP contribution >= 0.6 is 11.8 Å². The van der Waals surface area contributed by atoms with Crippen molar-refractivity contribution in [3.8, 4) is 0 Å². The van der Waals surface area contributed by atoms with Crippen LogP contribution < -0.4 is 29.6 Å². The van der Waals surface area contributed by atoms with Crippen LogP contribution in [0.4, 0.5) is 0 Å². The first kappa shape index (κ1) is 20.9. The van der Waals surface area contributed by atoms with Crippen molar-refractivity contribution in [2.24, 2.45) is 11.3 Å². The fourth-order valence-corrected chi connectivity index (χ4v) is 2.44. The standard InChI is InChI=1S/C7H7ClNO2S.C6H10O2.Na/c1-6-2-4-7(5-3-6)12(10,11)9-8;1-6(2)3-4(6)5(7)8;/h2-5H,1H3;4H,3H2,1-2H3,(H,7,8);/q-1;;+1. The van der Waals surface area contributed by atoms with Crippen LogP contribution in [-0.2, 0) is 14.8 Å². The Bertz CT molecular complexity index is 587. The Morgan fingerprint density at radius 2 is 1.76 bits per heavy atom. The van der Waals surface area contributed by atoms with E-state index < -0.39 is 16.0 Å². The van der Waals surface area contributed by atoms with Gasteiger partial charge in [-0.15, -0.1) is 0 Å². The van der Waals surface area contributed by atoms with E-state index >= 15 is 0 Å². The first-order valence-corrected chi connectivity index (χ1v) is 7.76. The van der Waals surface area contributed by atoms with Gasteiger partial charge in [-0.3, -0.25) is 16.6 Å². The third kappa shape index (κ3) is 6.26. The van der Waals surface area contributed by atoms with E-state index in [-0.39, 0.29) is 45.8 Å². The summed E-state index contributed by atoms with van der Waals surface area (Å²) in [5.74, 6) is -0.711. The molecule has 0 aromatic heterocycles. The Morgan fingerprint density at radius 1 is 1.33 bits per heavy atom. The Labute approximate surface area is 152 Å². The Balaban J connectivity index is 0.000000390. The number of carboxylic acids is 1. The van der Waals surface area contributed by atoms with Crippen LogP contribution in [0.1, 0.15) is 25.8 Å². The van der Waals surface area contributed by atoms with E-state index in [1.807, 2.05) is 20.8 Å². The number of aryl methyl sites for hydroxylation is 1. The zero-order valence-corrected chi connectivity index (χ0v) is 16.1. The van der Waals surface area contributed by atoms with Crippen molar-refractivity contribution in [1.82, 2.24) is 0 Å². The maximum Gasteiger partial charge on any atom is 1.00 e. The second kappa shape index (κ2) is 7.94. The number of rotatable bonds is 3. The van der Waals surface area contributed by atoms with Crippen LogP contribution in [-0.4, -0.2) is 19.5 Å². The van der Waals surface area contributed by atoms with Crippen LogP contribution in [0.25, 0.3) is 4.24 Å². The minimum Gasteiger partial charge on any atom is -0.481 e. The van der Waals surface area contributed by atoms with Gasteiger partial charge < -0.3 is 9.35 Å². The van der Waals surface area contributed by atoms with Crippen LogP contribution in [0.15, 0.2) is 29.2 Å². The molecule has 1 aliphatic rings. The largest absolute Gasteiger partial charge is 1.00 e. The maximum atomic E-state index is 11.0. The van der Waals surface area contributed by atoms with Gasteiger partial charge in [-0.05, 0) is 30.9 Å². The van der Waals surface area contributed by atoms with Crippen molar-refractivity contribution in [1.29, 1.82) is 0 Å². The molecule has 1 unspecified atom stereocenters. The summed E-state index contributed by atoms with van der Waals surface area (Å²) >= 11 is 4.90. The average Bonchev–Trinajstić information content (AvgIpc) is 3.00. The summed E-state index contributed by atoms with van der Waals surface area (Å²) < 4.78 is 24.8. The zero-order valence-electron chi connectivity index (χ0n) is 12.5. The molecule has 1 fully saturated rings. The Kier molecular flexibility index (Phi) is 7.90. The van der Waals surface area contributed by atoms with Crippen molar-refractivity contribution in [3.63, 3.8) is 0 Å². The molecule has 0 radical (unpaired) electrons. The molecule has 1 aromatic carbocycles. The monoisotopic (exact) mass is 341 g/mol. The molecule has 0 aliphatic heterocycles. The molecule has 1 N–H and O–H groups in total.